The van der Waals surface area contributed by atoms with Crippen LogP contribution in [0.25, 0.3) is 0 Å². The molecule has 7 amide bonds. The Labute approximate surface area is 381 Å². The monoisotopic (exact) mass is 902 g/mol. The molecule has 1 aliphatic rings. The summed E-state index contributed by atoms with van der Waals surface area (Å²) in [7, 11) is 1.25. The van der Waals surface area contributed by atoms with E-state index in [4.69, 9.17) is 9.47 Å². The van der Waals surface area contributed by atoms with Crippen LogP contribution in [0.4, 0.5) is 9.59 Å². The van der Waals surface area contributed by atoms with Crippen LogP contribution >= 0.6 is 0 Å². The molecule has 1 aromatic carbocycles. The highest BCUT2D eigenvalue weighted by Crippen LogP contribution is 2.23. The van der Waals surface area contributed by atoms with Crippen molar-refractivity contribution in [1.29, 1.82) is 0 Å². The van der Waals surface area contributed by atoms with E-state index in [-0.39, 0.29) is 55.5 Å². The van der Waals surface area contributed by atoms with Crippen LogP contribution in [-0.2, 0) is 39.9 Å². The molecule has 1 aliphatic heterocycles. The molecule has 362 valence electrons. The molecule has 1 fully saturated rings. The van der Waals surface area contributed by atoms with E-state index in [2.05, 4.69) is 31.9 Å². The highest BCUT2D eigenvalue weighted by atomic mass is 16.6. The maximum atomic E-state index is 13.9. The van der Waals surface area contributed by atoms with Crippen LogP contribution in [0.1, 0.15) is 120 Å². The Morgan fingerprint density at radius 2 is 1.41 bits per heavy atom. The number of aliphatic hydroxyl groups is 1. The third kappa shape index (κ3) is 19.4. The van der Waals surface area contributed by atoms with Crippen LogP contribution in [-0.4, -0.2) is 120 Å². The number of hydrogen-bond donors (Lipinski definition) is 7. The van der Waals surface area contributed by atoms with Crippen molar-refractivity contribution in [3.8, 4) is 0 Å². The first-order valence-electron chi connectivity index (χ1n) is 23.0. The van der Waals surface area contributed by atoms with Crippen LogP contribution in [0.5, 0.6) is 0 Å². The third-order valence-corrected chi connectivity index (χ3v) is 11.4. The summed E-state index contributed by atoms with van der Waals surface area (Å²) in [4.78, 5) is 94.1. The number of benzene rings is 1. The van der Waals surface area contributed by atoms with Gasteiger partial charge in [0.1, 0.15) is 23.7 Å². The summed E-state index contributed by atoms with van der Waals surface area (Å²) in [6.45, 7) is 21.0. The number of ether oxygens (including phenoxy) is 2. The molecule has 7 N–H and O–H groups in total. The van der Waals surface area contributed by atoms with Gasteiger partial charge in [-0.2, -0.15) is 0 Å². The van der Waals surface area contributed by atoms with Crippen LogP contribution < -0.4 is 31.9 Å². The van der Waals surface area contributed by atoms with Gasteiger partial charge in [-0.3, -0.25) is 19.2 Å². The fraction of sp³-hybridized carbons (Fsp3) is 0.723. The minimum atomic E-state index is -1.12. The Morgan fingerprint density at radius 3 is 1.94 bits per heavy atom. The van der Waals surface area contributed by atoms with Gasteiger partial charge >= 0.3 is 18.1 Å². The topological polar surface area (TPSA) is 234 Å². The molecule has 17 heteroatoms. The largest absolute Gasteiger partial charge is 0.467 e. The predicted octanol–water partition coefficient (Wildman–Crippen LogP) is 4.20. The number of amides is 7. The van der Waals surface area contributed by atoms with Crippen LogP contribution in [0.15, 0.2) is 30.3 Å². The summed E-state index contributed by atoms with van der Waals surface area (Å²) in [5.41, 5.74) is 0.201. The molecule has 2 rings (SSSR count). The number of piperidine rings is 1. The lowest BCUT2D eigenvalue weighted by Gasteiger charge is -2.33. The molecule has 4 unspecified atom stereocenters. The first-order valence-corrected chi connectivity index (χ1v) is 23.0. The number of rotatable bonds is 23. The normalized spacial score (nSPS) is 16.7. The quantitative estimate of drug-likeness (QED) is 0.0774. The minimum absolute atomic E-state index is 0.00230. The zero-order valence-corrected chi connectivity index (χ0v) is 40.4. The van der Waals surface area contributed by atoms with Crippen LogP contribution in [0.2, 0.25) is 0 Å². The number of aliphatic hydroxyl groups excluding tert-OH is 1. The molecule has 1 saturated heterocycles. The fourth-order valence-electron chi connectivity index (χ4n) is 7.46. The number of nitrogens with zero attached hydrogens (tertiary/aromatic N) is 1. The molecule has 0 saturated carbocycles. The summed E-state index contributed by atoms with van der Waals surface area (Å²) in [6.07, 6.45) is 0.489. The van der Waals surface area contributed by atoms with Gasteiger partial charge in [0, 0.05) is 44.4 Å². The molecule has 1 aromatic rings. The van der Waals surface area contributed by atoms with E-state index in [0.29, 0.717) is 38.8 Å². The van der Waals surface area contributed by atoms with Gasteiger partial charge in [0.05, 0.1) is 19.3 Å². The number of alkyl carbamates (subject to hydrolysis) is 1. The summed E-state index contributed by atoms with van der Waals surface area (Å²) in [6, 6.07) is 5.18. The van der Waals surface area contributed by atoms with E-state index in [1.54, 1.807) is 39.5 Å². The number of methoxy groups -OCH3 is 1. The number of hydrogen-bond acceptors (Lipinski definition) is 10. The number of likely N-dealkylation sites (tertiary alicyclic amines) is 1. The van der Waals surface area contributed by atoms with Gasteiger partial charge in [-0.25, -0.2) is 14.4 Å². The SMILES string of the molecule is CC[C@H](C)[C@H](NC(=O)C(CC(O)C(CC(C)C)NC(=O)CCNC(=O)[C@H](Cc1ccccc1)NC(=O)N1CCC(NC(=O)OC(C)(C)C)CC1)C(C)C)C(=O)NC(C(=O)OC)C(C)C. The van der Waals surface area contributed by atoms with Gasteiger partial charge in [0.25, 0.3) is 0 Å². The summed E-state index contributed by atoms with van der Waals surface area (Å²) >= 11 is 0. The van der Waals surface area contributed by atoms with Crippen molar-refractivity contribution < 1.29 is 48.1 Å². The van der Waals surface area contributed by atoms with Crippen molar-refractivity contribution in [2.75, 3.05) is 26.7 Å². The Balaban J connectivity index is 2.08. The first-order chi connectivity index (χ1) is 30.0. The van der Waals surface area contributed by atoms with Crippen LogP contribution in [0.3, 0.4) is 0 Å². The molecule has 0 aromatic heterocycles. The van der Waals surface area contributed by atoms with Gasteiger partial charge < -0.3 is 51.4 Å². The number of carbonyl (C=O) groups is 7. The average Bonchev–Trinajstić information content (AvgIpc) is 3.21. The van der Waals surface area contributed by atoms with Crippen LogP contribution in [0, 0.1) is 29.6 Å². The third-order valence-electron chi connectivity index (χ3n) is 11.4. The molecule has 0 aliphatic carbocycles. The highest BCUT2D eigenvalue weighted by Gasteiger charge is 2.36. The molecule has 64 heavy (non-hydrogen) atoms. The Bertz CT molecular complexity index is 1660. The molecule has 1 heterocycles. The number of urea groups is 1. The zero-order valence-electron chi connectivity index (χ0n) is 40.4. The predicted molar refractivity (Wildman–Crippen MR) is 245 cm³/mol. The second kappa shape index (κ2) is 26.8. The maximum Gasteiger partial charge on any atom is 0.407 e. The molecule has 0 radical (unpaired) electrons. The lowest BCUT2D eigenvalue weighted by Crippen LogP contribution is -2.56. The Kier molecular flexibility index (Phi) is 23.1. The van der Waals surface area contributed by atoms with Crippen molar-refractivity contribution in [1.82, 2.24) is 36.8 Å². The van der Waals surface area contributed by atoms with Crippen molar-refractivity contribution in [2.45, 2.75) is 163 Å². The number of esters is 1. The van der Waals surface area contributed by atoms with E-state index >= 15 is 0 Å². The zero-order chi connectivity index (χ0) is 48.3. The second-order valence-electron chi connectivity index (χ2n) is 19.2. The summed E-state index contributed by atoms with van der Waals surface area (Å²) in [5.74, 6) is -3.82. The lowest BCUT2D eigenvalue weighted by molar-refractivity contribution is -0.147. The molecule has 0 spiro atoms. The van der Waals surface area contributed by atoms with Gasteiger partial charge in [-0.15, -0.1) is 0 Å². The van der Waals surface area contributed by atoms with Crippen molar-refractivity contribution in [3.05, 3.63) is 35.9 Å². The summed E-state index contributed by atoms with van der Waals surface area (Å²) < 4.78 is 10.2. The average molecular weight is 902 g/mol. The number of nitrogens with one attached hydrogen (secondary N) is 6. The molecule has 0 bridgehead atoms. The fourth-order valence-corrected chi connectivity index (χ4v) is 7.46. The van der Waals surface area contributed by atoms with Crippen molar-refractivity contribution in [3.63, 3.8) is 0 Å². The van der Waals surface area contributed by atoms with Gasteiger partial charge in [0.2, 0.25) is 23.6 Å². The minimum Gasteiger partial charge on any atom is -0.467 e. The second-order valence-corrected chi connectivity index (χ2v) is 19.2. The summed E-state index contributed by atoms with van der Waals surface area (Å²) in [5, 5.41) is 28.7. The van der Waals surface area contributed by atoms with E-state index in [0.717, 1.165) is 5.56 Å². The highest BCUT2D eigenvalue weighted by molar-refractivity contribution is 5.92. The van der Waals surface area contributed by atoms with Crippen molar-refractivity contribution >= 4 is 41.7 Å². The molecule has 7 atom stereocenters. The molecular formula is C47H79N7O10. The van der Waals surface area contributed by atoms with E-state index < -0.39 is 83.5 Å². The van der Waals surface area contributed by atoms with Gasteiger partial charge in [0.15, 0.2) is 0 Å². The molecular weight excluding hydrogens is 823 g/mol. The molecule has 17 nitrogen and oxygen atoms in total. The van der Waals surface area contributed by atoms with Gasteiger partial charge in [-0.05, 0) is 75.7 Å². The van der Waals surface area contributed by atoms with E-state index in [9.17, 15) is 38.7 Å². The lowest BCUT2D eigenvalue weighted by atomic mass is 9.85. The maximum absolute atomic E-state index is 13.9. The van der Waals surface area contributed by atoms with E-state index in [1.165, 1.54) is 7.11 Å². The Hall–Kier alpha value is -4.93. The van der Waals surface area contributed by atoms with E-state index in [1.807, 2.05) is 71.9 Å². The standard InChI is InChI=1S/C47H79N7O10/c1-13-31(8)40(43(59)52-39(30(6)7)44(60)63-12)53-41(57)34(29(4)5)27-37(55)35(25-28(2)3)50-38(56)19-22-48-42(58)36(26-32-17-15-14-16-18-32)51-45(61)54-23-20-33(21-24-54)49-46(62)64-47(9,10)11/h14-18,28-31,33-37,39-40,55H,13,19-27H2,1-12H3,(H,48,58)(H,49,62)(H,50,56)(H,51,61)(H,52,59)(H,53,57)/t31-,34?,35?,36-,37?,39?,40-/m0/s1. The Morgan fingerprint density at radius 1 is 0.797 bits per heavy atom. The first kappa shape index (κ1) is 55.2. The van der Waals surface area contributed by atoms with Crippen molar-refractivity contribution in [2.24, 2.45) is 29.6 Å². The van der Waals surface area contributed by atoms with Gasteiger partial charge in [-0.1, -0.05) is 92.1 Å². The number of carbonyl (C=O) groups excluding carboxylic acids is 7. The smallest absolute Gasteiger partial charge is 0.407 e.